The molecule has 1 aliphatic carbocycles. The van der Waals surface area contributed by atoms with Gasteiger partial charge in [-0.25, -0.2) is 0 Å². The third kappa shape index (κ3) is 3.61. The zero-order chi connectivity index (χ0) is 17.9. The minimum atomic E-state index is -0.132. The van der Waals surface area contributed by atoms with Crippen LogP contribution in [0.3, 0.4) is 0 Å². The van der Waals surface area contributed by atoms with Gasteiger partial charge in [-0.1, -0.05) is 24.3 Å². The van der Waals surface area contributed by atoms with Gasteiger partial charge < -0.3 is 15.6 Å². The van der Waals surface area contributed by atoms with Gasteiger partial charge in [-0.3, -0.25) is 9.59 Å². The number of benzene rings is 2. The average molecular weight is 347 g/mol. The molecule has 5 nitrogen and oxygen atoms in total. The molecular formula is C21H21N3O2. The van der Waals surface area contributed by atoms with Crippen LogP contribution in [0.15, 0.2) is 54.7 Å². The molecule has 5 heteroatoms. The molecule has 2 amide bonds. The number of hydrogen-bond acceptors (Lipinski definition) is 2. The van der Waals surface area contributed by atoms with Crippen LogP contribution in [-0.2, 0) is 11.2 Å². The fourth-order valence-corrected chi connectivity index (χ4v) is 3.08. The lowest BCUT2D eigenvalue weighted by Crippen LogP contribution is -2.25. The highest BCUT2D eigenvalue weighted by Crippen LogP contribution is 2.30. The Hall–Kier alpha value is -3.08. The highest BCUT2D eigenvalue weighted by atomic mass is 16.2. The van der Waals surface area contributed by atoms with Crippen LogP contribution in [0.2, 0.25) is 0 Å². The van der Waals surface area contributed by atoms with Gasteiger partial charge in [0.15, 0.2) is 0 Å². The van der Waals surface area contributed by atoms with Crippen molar-refractivity contribution < 1.29 is 9.59 Å². The second-order valence-corrected chi connectivity index (χ2v) is 6.71. The highest BCUT2D eigenvalue weighted by molar-refractivity contribution is 5.98. The molecule has 1 aromatic heterocycles. The standard InChI is InChI=1S/C21H21N3O2/c25-20(15-4-3-5-17(12-15)24-21(26)14-8-9-14)22-11-10-16-13-23-19-7-2-1-6-18(16)19/h1-7,12-14,23H,8-11H2,(H,22,25)(H,24,26). The summed E-state index contributed by atoms with van der Waals surface area (Å²) in [6.07, 6.45) is 4.67. The number of H-pyrrole nitrogens is 1. The van der Waals surface area contributed by atoms with Gasteiger partial charge >= 0.3 is 0 Å². The number of aromatic amines is 1. The van der Waals surface area contributed by atoms with Crippen LogP contribution in [0.4, 0.5) is 5.69 Å². The van der Waals surface area contributed by atoms with Crippen molar-refractivity contribution in [1.82, 2.24) is 10.3 Å². The molecule has 1 heterocycles. The molecule has 132 valence electrons. The van der Waals surface area contributed by atoms with E-state index < -0.39 is 0 Å². The number of carbonyl (C=O) groups is 2. The molecule has 2 aromatic carbocycles. The Balaban J connectivity index is 1.35. The fourth-order valence-electron chi connectivity index (χ4n) is 3.08. The van der Waals surface area contributed by atoms with Crippen molar-refractivity contribution in [1.29, 1.82) is 0 Å². The molecule has 0 atom stereocenters. The molecule has 3 N–H and O–H groups in total. The second kappa shape index (κ2) is 7.04. The Morgan fingerprint density at radius 1 is 1.08 bits per heavy atom. The first-order valence-electron chi connectivity index (χ1n) is 8.95. The highest BCUT2D eigenvalue weighted by Gasteiger charge is 2.29. The molecule has 0 bridgehead atoms. The smallest absolute Gasteiger partial charge is 0.251 e. The maximum Gasteiger partial charge on any atom is 0.251 e. The number of anilines is 1. The zero-order valence-electron chi connectivity index (χ0n) is 14.4. The predicted octanol–water partition coefficient (Wildman–Crippen LogP) is 3.49. The van der Waals surface area contributed by atoms with E-state index in [1.165, 1.54) is 10.9 Å². The summed E-state index contributed by atoms with van der Waals surface area (Å²) in [7, 11) is 0. The number of aromatic nitrogens is 1. The van der Waals surface area contributed by atoms with Crippen LogP contribution < -0.4 is 10.6 Å². The van der Waals surface area contributed by atoms with Crippen molar-refractivity contribution in [3.63, 3.8) is 0 Å². The van der Waals surface area contributed by atoms with Crippen molar-refractivity contribution >= 4 is 28.4 Å². The zero-order valence-corrected chi connectivity index (χ0v) is 14.4. The summed E-state index contributed by atoms with van der Waals surface area (Å²) in [5.74, 6) is 0.0536. The Morgan fingerprint density at radius 2 is 1.92 bits per heavy atom. The Bertz CT molecular complexity index is 957. The third-order valence-corrected chi connectivity index (χ3v) is 4.70. The molecule has 0 aliphatic heterocycles. The minimum absolute atomic E-state index is 0.0434. The fraction of sp³-hybridized carbons (Fsp3) is 0.238. The van der Waals surface area contributed by atoms with Gasteiger partial charge in [-0.2, -0.15) is 0 Å². The molecular weight excluding hydrogens is 326 g/mol. The van der Waals surface area contributed by atoms with Crippen molar-refractivity contribution in [2.75, 3.05) is 11.9 Å². The van der Waals surface area contributed by atoms with Crippen LogP contribution in [0.25, 0.3) is 10.9 Å². The molecule has 1 fully saturated rings. The lowest BCUT2D eigenvalue weighted by atomic mass is 10.1. The summed E-state index contributed by atoms with van der Waals surface area (Å²) < 4.78 is 0. The van der Waals surface area contributed by atoms with Crippen molar-refractivity contribution in [3.05, 3.63) is 65.9 Å². The van der Waals surface area contributed by atoms with Crippen molar-refractivity contribution in [2.24, 2.45) is 5.92 Å². The maximum atomic E-state index is 12.4. The lowest BCUT2D eigenvalue weighted by molar-refractivity contribution is -0.117. The van der Waals surface area contributed by atoms with E-state index in [-0.39, 0.29) is 17.7 Å². The van der Waals surface area contributed by atoms with E-state index in [0.29, 0.717) is 17.8 Å². The molecule has 1 aliphatic rings. The summed E-state index contributed by atoms with van der Waals surface area (Å²) in [6.45, 7) is 0.555. The van der Waals surface area contributed by atoms with Gasteiger partial charge in [0.25, 0.3) is 5.91 Å². The Kier molecular flexibility index (Phi) is 4.44. The van der Waals surface area contributed by atoms with Gasteiger partial charge in [-0.05, 0) is 49.1 Å². The molecule has 0 saturated heterocycles. The quantitative estimate of drug-likeness (QED) is 0.638. The summed E-state index contributed by atoms with van der Waals surface area (Å²) >= 11 is 0. The molecule has 4 rings (SSSR count). The normalized spacial score (nSPS) is 13.5. The van der Waals surface area contributed by atoms with Crippen molar-refractivity contribution in [2.45, 2.75) is 19.3 Å². The third-order valence-electron chi connectivity index (χ3n) is 4.70. The van der Waals surface area contributed by atoms with Gasteiger partial charge in [0.1, 0.15) is 0 Å². The van der Waals surface area contributed by atoms with Gasteiger partial charge in [0.05, 0.1) is 0 Å². The lowest BCUT2D eigenvalue weighted by Gasteiger charge is -2.08. The number of hydrogen-bond donors (Lipinski definition) is 3. The number of carbonyl (C=O) groups excluding carboxylic acids is 2. The number of fused-ring (bicyclic) bond motifs is 1. The van der Waals surface area contributed by atoms with Crippen molar-refractivity contribution in [3.8, 4) is 0 Å². The summed E-state index contributed by atoms with van der Waals surface area (Å²) in [5.41, 5.74) is 3.52. The molecule has 1 saturated carbocycles. The number of nitrogens with one attached hydrogen (secondary N) is 3. The van der Waals surface area contributed by atoms with E-state index in [9.17, 15) is 9.59 Å². The number of amides is 2. The predicted molar refractivity (Wildman–Crippen MR) is 102 cm³/mol. The molecule has 3 aromatic rings. The second-order valence-electron chi connectivity index (χ2n) is 6.71. The van der Waals surface area contributed by atoms with Crippen LogP contribution in [0.5, 0.6) is 0 Å². The number of para-hydroxylation sites is 1. The van der Waals surface area contributed by atoms with E-state index in [1.54, 1.807) is 18.2 Å². The first kappa shape index (κ1) is 16.4. The summed E-state index contributed by atoms with van der Waals surface area (Å²) in [4.78, 5) is 27.5. The first-order valence-corrected chi connectivity index (χ1v) is 8.95. The van der Waals surface area contributed by atoms with Gasteiger partial charge in [0, 0.05) is 40.8 Å². The SMILES string of the molecule is O=C(NCCc1c[nH]c2ccccc12)c1cccc(NC(=O)C2CC2)c1. The Morgan fingerprint density at radius 3 is 2.77 bits per heavy atom. The van der Waals surface area contributed by atoms with E-state index >= 15 is 0 Å². The van der Waals surface area contributed by atoms with Gasteiger partial charge in [0.2, 0.25) is 5.91 Å². The number of rotatable bonds is 6. The van der Waals surface area contributed by atoms with Crippen LogP contribution in [-0.4, -0.2) is 23.3 Å². The molecule has 26 heavy (non-hydrogen) atoms. The van der Waals surface area contributed by atoms with E-state index in [0.717, 1.165) is 24.8 Å². The van der Waals surface area contributed by atoms with Crippen LogP contribution >= 0.6 is 0 Å². The van der Waals surface area contributed by atoms with E-state index in [2.05, 4.69) is 21.7 Å². The topological polar surface area (TPSA) is 74.0 Å². The molecule has 0 spiro atoms. The average Bonchev–Trinajstić information content (AvgIpc) is 3.44. The largest absolute Gasteiger partial charge is 0.361 e. The monoisotopic (exact) mass is 347 g/mol. The van der Waals surface area contributed by atoms with Crippen LogP contribution in [0.1, 0.15) is 28.8 Å². The maximum absolute atomic E-state index is 12.4. The summed E-state index contributed by atoms with van der Waals surface area (Å²) in [5, 5.41) is 7.01. The molecule has 0 unspecified atom stereocenters. The van der Waals surface area contributed by atoms with E-state index in [4.69, 9.17) is 0 Å². The Labute approximate surface area is 151 Å². The molecule has 0 radical (unpaired) electrons. The van der Waals surface area contributed by atoms with E-state index in [1.807, 2.05) is 30.5 Å². The minimum Gasteiger partial charge on any atom is -0.361 e. The first-order chi connectivity index (χ1) is 12.7. The van der Waals surface area contributed by atoms with Gasteiger partial charge in [-0.15, -0.1) is 0 Å². The summed E-state index contributed by atoms with van der Waals surface area (Å²) in [6, 6.07) is 15.2. The van der Waals surface area contributed by atoms with Crippen LogP contribution in [0, 0.1) is 5.92 Å².